The molecule has 0 aliphatic carbocycles. The maximum atomic E-state index is 13.1. The summed E-state index contributed by atoms with van der Waals surface area (Å²) in [6.45, 7) is 10.3. The number of carbonyl (C=O) groups is 1. The average Bonchev–Trinajstić information content (AvgIpc) is 3.39. The Labute approximate surface area is 204 Å². The second-order valence-electron chi connectivity index (χ2n) is 9.99. The van der Waals surface area contributed by atoms with Crippen molar-refractivity contribution in [2.45, 2.75) is 50.0 Å². The fourth-order valence-corrected chi connectivity index (χ4v) is 6.71. The molecule has 0 aromatic heterocycles. The second-order valence-corrected chi connectivity index (χ2v) is 11.9. The van der Waals surface area contributed by atoms with Gasteiger partial charge in [0.05, 0.1) is 24.7 Å². The number of sulfonamides is 1. The van der Waals surface area contributed by atoms with Crippen LogP contribution in [-0.2, 0) is 24.3 Å². The zero-order valence-electron chi connectivity index (χ0n) is 20.4. The Bertz CT molecular complexity index is 901. The third-order valence-electron chi connectivity index (χ3n) is 7.52. The van der Waals surface area contributed by atoms with Crippen LogP contribution in [0.5, 0.6) is 0 Å². The summed E-state index contributed by atoms with van der Waals surface area (Å²) in [5.41, 5.74) is 1.12. The summed E-state index contributed by atoms with van der Waals surface area (Å²) in [7, 11) is -3.54. The molecule has 2 unspecified atom stereocenters. The van der Waals surface area contributed by atoms with Crippen molar-refractivity contribution < 1.29 is 22.7 Å². The van der Waals surface area contributed by atoms with Crippen LogP contribution in [0.2, 0.25) is 0 Å². The van der Waals surface area contributed by atoms with Gasteiger partial charge in [0, 0.05) is 57.2 Å². The largest absolute Gasteiger partial charge is 0.381 e. The number of benzene rings is 1. The van der Waals surface area contributed by atoms with Gasteiger partial charge in [-0.1, -0.05) is 26.0 Å². The van der Waals surface area contributed by atoms with Gasteiger partial charge < -0.3 is 14.8 Å². The lowest BCUT2D eigenvalue weighted by Crippen LogP contribution is -2.53. The number of piperidine rings is 1. The van der Waals surface area contributed by atoms with Crippen LogP contribution in [0.15, 0.2) is 29.2 Å². The maximum absolute atomic E-state index is 13.1. The summed E-state index contributed by atoms with van der Waals surface area (Å²) >= 11 is 0. The molecule has 0 bridgehead atoms. The molecule has 1 amide bonds. The van der Waals surface area contributed by atoms with Crippen molar-refractivity contribution in [2.75, 3.05) is 59.2 Å². The van der Waals surface area contributed by atoms with Gasteiger partial charge in [0.15, 0.2) is 0 Å². The van der Waals surface area contributed by atoms with Gasteiger partial charge in [-0.25, -0.2) is 8.42 Å². The van der Waals surface area contributed by atoms with E-state index in [9.17, 15) is 13.2 Å². The van der Waals surface area contributed by atoms with Gasteiger partial charge in [-0.3, -0.25) is 9.69 Å². The first-order valence-electron chi connectivity index (χ1n) is 12.6. The Morgan fingerprint density at radius 1 is 1.00 bits per heavy atom. The number of hydrogen-bond donors (Lipinski definition) is 1. The Kier molecular flexibility index (Phi) is 8.63. The van der Waals surface area contributed by atoms with Crippen LogP contribution in [0.3, 0.4) is 0 Å². The van der Waals surface area contributed by atoms with E-state index in [0.29, 0.717) is 49.2 Å². The van der Waals surface area contributed by atoms with Crippen LogP contribution in [0.1, 0.15) is 44.6 Å². The van der Waals surface area contributed by atoms with E-state index in [1.54, 1.807) is 12.1 Å². The van der Waals surface area contributed by atoms with E-state index in [-0.39, 0.29) is 17.9 Å². The van der Waals surface area contributed by atoms with Crippen LogP contribution < -0.4 is 5.32 Å². The third-order valence-corrected chi connectivity index (χ3v) is 9.43. The van der Waals surface area contributed by atoms with Crippen molar-refractivity contribution in [2.24, 2.45) is 11.8 Å². The fourth-order valence-electron chi connectivity index (χ4n) is 5.24. The number of nitrogens with zero attached hydrogens (tertiary/aromatic N) is 2. The minimum Gasteiger partial charge on any atom is -0.381 e. The van der Waals surface area contributed by atoms with Crippen molar-refractivity contribution in [3.63, 3.8) is 0 Å². The number of carbonyl (C=O) groups excluding carboxylic acids is 1. The molecule has 1 N–H and O–H groups in total. The number of ether oxygens (including phenoxy) is 2. The summed E-state index contributed by atoms with van der Waals surface area (Å²) < 4.78 is 38.8. The lowest BCUT2D eigenvalue weighted by Gasteiger charge is -2.38. The van der Waals surface area contributed by atoms with E-state index < -0.39 is 10.0 Å². The summed E-state index contributed by atoms with van der Waals surface area (Å²) in [6, 6.07) is 7.42. The van der Waals surface area contributed by atoms with Crippen LogP contribution in [0.4, 0.5) is 0 Å². The summed E-state index contributed by atoms with van der Waals surface area (Å²) in [5.74, 6) is 0.665. The first-order valence-corrected chi connectivity index (χ1v) is 14.1. The molecule has 34 heavy (non-hydrogen) atoms. The first-order chi connectivity index (χ1) is 16.4. The zero-order valence-corrected chi connectivity index (χ0v) is 21.3. The topological polar surface area (TPSA) is 88.2 Å². The Morgan fingerprint density at radius 3 is 2.26 bits per heavy atom. The first kappa shape index (κ1) is 25.6. The van der Waals surface area contributed by atoms with Gasteiger partial charge >= 0.3 is 0 Å². The molecule has 3 aliphatic rings. The van der Waals surface area contributed by atoms with Crippen molar-refractivity contribution >= 4 is 15.9 Å². The number of nitrogens with one attached hydrogen (secondary N) is 1. The van der Waals surface area contributed by atoms with Crippen molar-refractivity contribution in [1.82, 2.24) is 14.5 Å². The van der Waals surface area contributed by atoms with Gasteiger partial charge in [0.2, 0.25) is 15.9 Å². The smallest absolute Gasteiger partial charge is 0.243 e. The molecule has 9 heteroatoms. The van der Waals surface area contributed by atoms with Crippen LogP contribution in [0.25, 0.3) is 0 Å². The molecule has 2 atom stereocenters. The highest BCUT2D eigenvalue weighted by Gasteiger charge is 2.35. The van der Waals surface area contributed by atoms with Gasteiger partial charge in [-0.15, -0.1) is 0 Å². The summed E-state index contributed by atoms with van der Waals surface area (Å²) in [6.07, 6.45) is 2.11. The molecular weight excluding hydrogens is 454 g/mol. The number of rotatable bonds is 8. The molecule has 1 aromatic rings. The lowest BCUT2D eigenvalue weighted by molar-refractivity contribution is -0.126. The Balaban J connectivity index is 1.30. The van der Waals surface area contributed by atoms with E-state index >= 15 is 0 Å². The highest BCUT2D eigenvalue weighted by Crippen LogP contribution is 2.26. The van der Waals surface area contributed by atoms with Crippen molar-refractivity contribution in [1.29, 1.82) is 0 Å². The lowest BCUT2D eigenvalue weighted by atomic mass is 9.95. The summed E-state index contributed by atoms with van der Waals surface area (Å²) in [4.78, 5) is 15.7. The molecule has 190 valence electrons. The molecule has 0 radical (unpaired) electrons. The molecule has 4 rings (SSSR count). The predicted octanol–water partition coefficient (Wildman–Crippen LogP) is 2.06. The van der Waals surface area contributed by atoms with Gasteiger partial charge in [-0.2, -0.15) is 4.31 Å². The minimum atomic E-state index is -3.54. The SMILES string of the molecule is CC(C)c1ccc(S(=O)(=O)N2CCC(C(=O)NCC(C3CCOC3)N3CCOCC3)CC2)cc1. The van der Waals surface area contributed by atoms with E-state index in [4.69, 9.17) is 9.47 Å². The third kappa shape index (κ3) is 5.99. The maximum Gasteiger partial charge on any atom is 0.243 e. The van der Waals surface area contributed by atoms with Crippen molar-refractivity contribution in [3.8, 4) is 0 Å². The van der Waals surface area contributed by atoms with Crippen molar-refractivity contribution in [3.05, 3.63) is 29.8 Å². The van der Waals surface area contributed by atoms with Gasteiger partial charge in [0.1, 0.15) is 0 Å². The monoisotopic (exact) mass is 493 g/mol. The van der Waals surface area contributed by atoms with Gasteiger partial charge in [0.25, 0.3) is 0 Å². The molecule has 0 saturated carbocycles. The molecule has 3 saturated heterocycles. The number of amides is 1. The molecule has 3 heterocycles. The normalized spacial score (nSPS) is 24.4. The minimum absolute atomic E-state index is 0.0375. The molecule has 8 nitrogen and oxygen atoms in total. The molecule has 3 aliphatic heterocycles. The van der Waals surface area contributed by atoms with E-state index in [0.717, 1.165) is 51.5 Å². The Morgan fingerprint density at radius 2 is 1.68 bits per heavy atom. The average molecular weight is 494 g/mol. The standard InChI is InChI=1S/C25H39N3O5S/c1-19(2)20-3-5-23(6-4-20)34(30,31)28-10-7-21(8-11-28)25(29)26-17-24(22-9-14-33-18-22)27-12-15-32-16-13-27/h3-6,19,21-22,24H,7-18H2,1-2H3,(H,26,29). The summed E-state index contributed by atoms with van der Waals surface area (Å²) in [5, 5.41) is 3.18. The quantitative estimate of drug-likeness (QED) is 0.597. The molecule has 3 fully saturated rings. The highest BCUT2D eigenvalue weighted by molar-refractivity contribution is 7.89. The number of morpholine rings is 1. The fraction of sp³-hybridized carbons (Fsp3) is 0.720. The predicted molar refractivity (Wildman–Crippen MR) is 130 cm³/mol. The molecular formula is C25H39N3O5S. The highest BCUT2D eigenvalue weighted by atomic mass is 32.2. The molecule has 1 aromatic carbocycles. The molecule has 0 spiro atoms. The van der Waals surface area contributed by atoms with Gasteiger partial charge in [-0.05, 0) is 42.9 Å². The zero-order chi connectivity index (χ0) is 24.1. The van der Waals surface area contributed by atoms with E-state index in [1.165, 1.54) is 4.31 Å². The van der Waals surface area contributed by atoms with Crippen LogP contribution in [0, 0.1) is 11.8 Å². The van der Waals surface area contributed by atoms with Crippen LogP contribution in [-0.4, -0.2) is 88.7 Å². The van der Waals surface area contributed by atoms with Crippen LogP contribution >= 0.6 is 0 Å². The van der Waals surface area contributed by atoms with E-state index in [2.05, 4.69) is 24.1 Å². The second kappa shape index (κ2) is 11.5. The Hall–Kier alpha value is -1.52. The number of hydrogen-bond acceptors (Lipinski definition) is 6. The van der Waals surface area contributed by atoms with E-state index in [1.807, 2.05) is 12.1 Å².